The maximum atomic E-state index is 15.0. The quantitative estimate of drug-likeness (QED) is 0.237. The molecule has 4 heterocycles. The summed E-state index contributed by atoms with van der Waals surface area (Å²) in [5, 5.41) is 8.91. The minimum absolute atomic E-state index is 0.0203. The van der Waals surface area contributed by atoms with Crippen LogP contribution < -0.4 is 9.47 Å². The molecule has 0 amide bonds. The molecule has 0 N–H and O–H groups in total. The minimum atomic E-state index is -0.605. The molecule has 0 bridgehead atoms. The number of likely N-dealkylation sites (tertiary alicyclic amines) is 1. The summed E-state index contributed by atoms with van der Waals surface area (Å²) in [4.78, 5) is 23.5. The number of fused-ring (bicyclic) bond motifs is 1. The summed E-state index contributed by atoms with van der Waals surface area (Å²) in [5.41, 5.74) is 1.72. The van der Waals surface area contributed by atoms with Crippen LogP contribution in [0.2, 0.25) is 0 Å². The molecule has 6 rings (SSSR count). The van der Waals surface area contributed by atoms with Crippen LogP contribution in [0.3, 0.4) is 0 Å². The Kier molecular flexibility index (Phi) is 8.67. The van der Waals surface area contributed by atoms with E-state index in [1.54, 1.807) is 18.2 Å². The van der Waals surface area contributed by atoms with E-state index in [0.717, 1.165) is 38.4 Å². The van der Waals surface area contributed by atoms with Crippen LogP contribution in [0.1, 0.15) is 46.7 Å². The van der Waals surface area contributed by atoms with Gasteiger partial charge in [0.05, 0.1) is 54.7 Å². The predicted molar refractivity (Wildman–Crippen MR) is 154 cm³/mol. The van der Waals surface area contributed by atoms with Crippen molar-refractivity contribution in [3.8, 4) is 17.7 Å². The number of ether oxygens (including phenoxy) is 4. The molecule has 2 aromatic heterocycles. The van der Waals surface area contributed by atoms with Gasteiger partial charge in [-0.05, 0) is 55.7 Å². The van der Waals surface area contributed by atoms with Gasteiger partial charge in [0.15, 0.2) is 17.4 Å². The molecular weight excluding hydrogens is 572 g/mol. The van der Waals surface area contributed by atoms with Crippen molar-refractivity contribution >= 4 is 17.0 Å². The summed E-state index contributed by atoms with van der Waals surface area (Å²) in [5.74, 6) is -0.550. The minimum Gasteiger partial charge on any atom is -0.484 e. The number of carbonyl (C=O) groups is 1. The normalized spacial score (nSPS) is 17.2. The molecule has 0 aliphatic carbocycles. The van der Waals surface area contributed by atoms with Gasteiger partial charge in [-0.25, -0.2) is 23.5 Å². The van der Waals surface area contributed by atoms with Crippen LogP contribution >= 0.6 is 0 Å². The Morgan fingerprint density at radius 3 is 2.61 bits per heavy atom. The third kappa shape index (κ3) is 6.49. The molecule has 0 radical (unpaired) electrons. The second-order valence-electron chi connectivity index (χ2n) is 10.8. The zero-order valence-electron chi connectivity index (χ0n) is 24.2. The first-order chi connectivity index (χ1) is 21.4. The number of hydrogen-bond donors (Lipinski definition) is 0. The van der Waals surface area contributed by atoms with Crippen molar-refractivity contribution in [2.45, 2.75) is 51.2 Å². The summed E-state index contributed by atoms with van der Waals surface area (Å²) in [6.07, 6.45) is 2.39. The first-order valence-electron chi connectivity index (χ1n) is 14.5. The zero-order valence-corrected chi connectivity index (χ0v) is 24.2. The molecule has 12 heteroatoms. The number of hydrogen-bond acceptors (Lipinski definition) is 9. The summed E-state index contributed by atoms with van der Waals surface area (Å²) in [6, 6.07) is 14.1. The molecule has 2 aliphatic rings. The molecular formula is C32H31F2N5O5. The van der Waals surface area contributed by atoms with Crippen molar-refractivity contribution < 1.29 is 32.5 Å². The predicted octanol–water partition coefficient (Wildman–Crippen LogP) is 4.78. The van der Waals surface area contributed by atoms with Gasteiger partial charge in [0.25, 0.3) is 0 Å². The Labute approximate surface area is 252 Å². The van der Waals surface area contributed by atoms with Crippen LogP contribution in [0.15, 0.2) is 48.5 Å². The summed E-state index contributed by atoms with van der Waals surface area (Å²) < 4.78 is 53.3. The highest BCUT2D eigenvalue weighted by atomic mass is 19.1. The number of imidazole rings is 1. The fourth-order valence-corrected chi connectivity index (χ4v) is 5.42. The van der Waals surface area contributed by atoms with Crippen LogP contribution in [0.5, 0.6) is 11.6 Å². The Hall–Kier alpha value is -4.60. The summed E-state index contributed by atoms with van der Waals surface area (Å²) >= 11 is 0. The monoisotopic (exact) mass is 603 g/mol. The van der Waals surface area contributed by atoms with E-state index in [1.807, 2.05) is 16.7 Å². The molecule has 0 spiro atoms. The number of nitriles is 1. The lowest BCUT2D eigenvalue weighted by atomic mass is 10.1. The lowest BCUT2D eigenvalue weighted by molar-refractivity contribution is -0.0592. The highest BCUT2D eigenvalue weighted by Crippen LogP contribution is 2.27. The van der Waals surface area contributed by atoms with Crippen molar-refractivity contribution in [2.75, 3.05) is 26.8 Å². The third-order valence-electron chi connectivity index (χ3n) is 7.89. The van der Waals surface area contributed by atoms with E-state index < -0.39 is 17.6 Å². The van der Waals surface area contributed by atoms with Crippen LogP contribution in [-0.2, 0) is 29.2 Å². The van der Waals surface area contributed by atoms with Gasteiger partial charge in [-0.1, -0.05) is 6.07 Å². The van der Waals surface area contributed by atoms with Gasteiger partial charge in [0.1, 0.15) is 24.1 Å². The van der Waals surface area contributed by atoms with Gasteiger partial charge in [0, 0.05) is 25.8 Å². The van der Waals surface area contributed by atoms with Crippen molar-refractivity contribution in [2.24, 2.45) is 0 Å². The maximum Gasteiger partial charge on any atom is 0.338 e. The molecule has 228 valence electrons. The van der Waals surface area contributed by atoms with Gasteiger partial charge in [-0.3, -0.25) is 4.90 Å². The molecule has 4 aromatic rings. The largest absolute Gasteiger partial charge is 0.484 e. The molecule has 44 heavy (non-hydrogen) atoms. The lowest BCUT2D eigenvalue weighted by Gasteiger charge is -2.32. The second-order valence-corrected chi connectivity index (χ2v) is 10.8. The van der Waals surface area contributed by atoms with Gasteiger partial charge in [0.2, 0.25) is 5.88 Å². The Bertz CT molecular complexity index is 1710. The molecule has 2 aromatic carbocycles. The van der Waals surface area contributed by atoms with E-state index >= 15 is 4.39 Å². The molecule has 2 aliphatic heterocycles. The number of aromatic nitrogens is 3. The standard InChI is InChI=1S/C32H31F2N5O5/c1-41-32(40)21-14-26(34)31-27(15-21)39(17-24-9-12-42-24)29(37-31)18-38-10-7-23(8-11-38)44-30-4-2-3-22(36-30)19-43-28-6-5-20(16-35)13-25(28)33/h2-6,13-15,23-24H,7-12,17-19H2,1H3/t24-/m0/s1. The van der Waals surface area contributed by atoms with Crippen LogP contribution in [0.4, 0.5) is 8.78 Å². The third-order valence-corrected chi connectivity index (χ3v) is 7.89. The Morgan fingerprint density at radius 2 is 1.91 bits per heavy atom. The second kappa shape index (κ2) is 13.0. The zero-order chi connectivity index (χ0) is 30.6. The van der Waals surface area contributed by atoms with Gasteiger partial charge < -0.3 is 23.5 Å². The fraction of sp³-hybridized carbons (Fsp3) is 0.375. The summed E-state index contributed by atoms with van der Waals surface area (Å²) in [6.45, 7) is 3.27. The molecule has 2 fully saturated rings. The number of esters is 1. The van der Waals surface area contributed by atoms with Crippen LogP contribution in [0.25, 0.3) is 11.0 Å². The van der Waals surface area contributed by atoms with Crippen LogP contribution in [-0.4, -0.2) is 64.4 Å². The topological polar surface area (TPSA) is 112 Å². The molecule has 10 nitrogen and oxygen atoms in total. The van der Waals surface area contributed by atoms with E-state index in [4.69, 9.17) is 24.2 Å². The number of carbonyl (C=O) groups excluding carboxylic acids is 1. The number of piperidine rings is 1. The van der Waals surface area contributed by atoms with Gasteiger partial charge >= 0.3 is 5.97 Å². The first kappa shape index (κ1) is 29.5. The SMILES string of the molecule is COC(=O)c1cc(F)c2nc(CN3CCC(Oc4cccc(COc5ccc(C#N)cc5F)n4)CC3)n(C[C@@H]3CCO3)c2c1. The highest BCUT2D eigenvalue weighted by Gasteiger charge is 2.27. The fourth-order valence-electron chi connectivity index (χ4n) is 5.42. The van der Waals surface area contributed by atoms with E-state index in [0.29, 0.717) is 42.6 Å². The smallest absolute Gasteiger partial charge is 0.338 e. The average Bonchev–Trinajstić information content (AvgIpc) is 3.36. The number of pyridine rings is 1. The van der Waals surface area contributed by atoms with Gasteiger partial charge in [-0.15, -0.1) is 0 Å². The molecule has 1 atom stereocenters. The van der Waals surface area contributed by atoms with Crippen molar-refractivity contribution in [3.63, 3.8) is 0 Å². The van der Waals surface area contributed by atoms with Crippen LogP contribution in [0, 0.1) is 23.0 Å². The Morgan fingerprint density at radius 1 is 1.09 bits per heavy atom. The number of nitrogens with zero attached hydrogens (tertiary/aromatic N) is 5. The Balaban J connectivity index is 1.08. The van der Waals surface area contributed by atoms with Gasteiger partial charge in [-0.2, -0.15) is 5.26 Å². The number of benzene rings is 2. The van der Waals surface area contributed by atoms with E-state index in [1.165, 1.54) is 25.3 Å². The van der Waals surface area contributed by atoms with Crippen molar-refractivity contribution in [3.05, 3.63) is 82.8 Å². The van der Waals surface area contributed by atoms with E-state index in [-0.39, 0.29) is 41.2 Å². The molecule has 2 saturated heterocycles. The first-order valence-corrected chi connectivity index (χ1v) is 14.5. The number of methoxy groups -OCH3 is 1. The van der Waals surface area contributed by atoms with Crippen molar-refractivity contribution in [1.82, 2.24) is 19.4 Å². The van der Waals surface area contributed by atoms with E-state index in [2.05, 4.69) is 14.9 Å². The average molecular weight is 604 g/mol. The number of halogens is 2. The maximum absolute atomic E-state index is 15.0. The molecule has 0 saturated carbocycles. The summed E-state index contributed by atoms with van der Waals surface area (Å²) in [7, 11) is 1.27. The number of rotatable bonds is 10. The van der Waals surface area contributed by atoms with E-state index in [9.17, 15) is 9.18 Å². The van der Waals surface area contributed by atoms with Crippen molar-refractivity contribution in [1.29, 1.82) is 5.26 Å². The molecule has 0 unspecified atom stereocenters. The lowest BCUT2D eigenvalue weighted by Crippen LogP contribution is -2.39. The highest BCUT2D eigenvalue weighted by molar-refractivity contribution is 5.94.